The second-order valence-electron chi connectivity index (χ2n) is 4.83. The smallest absolute Gasteiger partial charge is 0.238 e. The molecule has 2 heterocycles. The van der Waals surface area contributed by atoms with Crippen LogP contribution in [0.3, 0.4) is 0 Å². The highest BCUT2D eigenvalue weighted by molar-refractivity contribution is 5.83. The fraction of sp³-hybridized carbons (Fsp3) is 0.500. The van der Waals surface area contributed by atoms with Gasteiger partial charge in [0.25, 0.3) is 0 Å². The molecule has 6 nitrogen and oxygen atoms in total. The van der Waals surface area contributed by atoms with Gasteiger partial charge in [0.05, 0.1) is 0 Å². The van der Waals surface area contributed by atoms with E-state index in [9.17, 15) is 9.59 Å². The summed E-state index contributed by atoms with van der Waals surface area (Å²) >= 11 is 0. The third-order valence-electron chi connectivity index (χ3n) is 3.34. The SMILES string of the molecule is CC(=O)N1CCN[C@@H](C(=O)NCCc2ccccn2)C1. The predicted octanol–water partition coefficient (Wildman–Crippen LogP) is -0.439. The fourth-order valence-electron chi connectivity index (χ4n) is 2.19. The molecule has 1 saturated heterocycles. The minimum absolute atomic E-state index is 0.0118. The molecule has 0 saturated carbocycles. The molecule has 0 bridgehead atoms. The maximum Gasteiger partial charge on any atom is 0.238 e. The average molecular weight is 276 g/mol. The molecule has 0 aliphatic carbocycles. The molecule has 2 rings (SSSR count). The number of nitrogens with one attached hydrogen (secondary N) is 2. The molecule has 0 spiro atoms. The third kappa shape index (κ3) is 4.03. The van der Waals surface area contributed by atoms with E-state index in [1.54, 1.807) is 11.1 Å². The quantitative estimate of drug-likeness (QED) is 0.782. The largest absolute Gasteiger partial charge is 0.354 e. The van der Waals surface area contributed by atoms with Gasteiger partial charge < -0.3 is 15.5 Å². The van der Waals surface area contributed by atoms with E-state index >= 15 is 0 Å². The Bertz CT molecular complexity index is 464. The van der Waals surface area contributed by atoms with Crippen LogP contribution in [0.4, 0.5) is 0 Å². The van der Waals surface area contributed by atoms with Gasteiger partial charge in [0.1, 0.15) is 6.04 Å². The van der Waals surface area contributed by atoms with Crippen molar-refractivity contribution in [2.45, 2.75) is 19.4 Å². The second-order valence-corrected chi connectivity index (χ2v) is 4.83. The Morgan fingerprint density at radius 2 is 2.35 bits per heavy atom. The van der Waals surface area contributed by atoms with Gasteiger partial charge in [-0.25, -0.2) is 0 Å². The van der Waals surface area contributed by atoms with E-state index in [2.05, 4.69) is 15.6 Å². The van der Waals surface area contributed by atoms with Crippen molar-refractivity contribution in [3.05, 3.63) is 30.1 Å². The van der Waals surface area contributed by atoms with Crippen molar-refractivity contribution in [2.75, 3.05) is 26.2 Å². The van der Waals surface area contributed by atoms with Crippen LogP contribution in [0.2, 0.25) is 0 Å². The molecule has 0 aromatic carbocycles. The lowest BCUT2D eigenvalue weighted by Gasteiger charge is -2.32. The van der Waals surface area contributed by atoms with E-state index in [0.29, 0.717) is 32.6 Å². The van der Waals surface area contributed by atoms with E-state index in [0.717, 1.165) is 5.69 Å². The maximum absolute atomic E-state index is 12.0. The molecule has 1 aromatic heterocycles. The van der Waals surface area contributed by atoms with Gasteiger partial charge in [-0.15, -0.1) is 0 Å². The van der Waals surface area contributed by atoms with Gasteiger partial charge in [-0.2, -0.15) is 0 Å². The molecule has 108 valence electrons. The van der Waals surface area contributed by atoms with Crippen LogP contribution in [-0.4, -0.2) is 53.9 Å². The number of pyridine rings is 1. The summed E-state index contributed by atoms with van der Waals surface area (Å²) in [5.41, 5.74) is 0.953. The molecule has 1 aromatic rings. The van der Waals surface area contributed by atoms with E-state index in [-0.39, 0.29) is 17.9 Å². The average Bonchev–Trinajstić information content (AvgIpc) is 2.48. The lowest BCUT2D eigenvalue weighted by molar-refractivity contribution is -0.132. The zero-order valence-electron chi connectivity index (χ0n) is 11.6. The lowest BCUT2D eigenvalue weighted by atomic mass is 10.2. The molecule has 1 aliphatic rings. The molecular formula is C14H20N4O2. The first-order valence-electron chi connectivity index (χ1n) is 6.83. The minimum atomic E-state index is -0.323. The Labute approximate surface area is 118 Å². The predicted molar refractivity (Wildman–Crippen MR) is 75.0 cm³/mol. The van der Waals surface area contributed by atoms with Gasteiger partial charge in [-0.05, 0) is 12.1 Å². The van der Waals surface area contributed by atoms with Crippen molar-refractivity contribution in [2.24, 2.45) is 0 Å². The van der Waals surface area contributed by atoms with Crippen molar-refractivity contribution < 1.29 is 9.59 Å². The van der Waals surface area contributed by atoms with Crippen LogP contribution in [0.5, 0.6) is 0 Å². The highest BCUT2D eigenvalue weighted by atomic mass is 16.2. The first-order chi connectivity index (χ1) is 9.66. The summed E-state index contributed by atoms with van der Waals surface area (Å²) in [6.45, 7) is 3.82. The zero-order valence-corrected chi connectivity index (χ0v) is 11.6. The summed E-state index contributed by atoms with van der Waals surface area (Å²) < 4.78 is 0. The summed E-state index contributed by atoms with van der Waals surface area (Å²) in [4.78, 5) is 29.2. The number of aromatic nitrogens is 1. The van der Waals surface area contributed by atoms with Crippen LogP contribution in [0.1, 0.15) is 12.6 Å². The molecule has 1 fully saturated rings. The third-order valence-corrected chi connectivity index (χ3v) is 3.34. The molecule has 1 atom stereocenters. The topological polar surface area (TPSA) is 74.3 Å². The van der Waals surface area contributed by atoms with E-state index < -0.39 is 0 Å². The standard InChI is InChI=1S/C14H20N4O2/c1-11(19)18-9-8-16-13(10-18)14(20)17-7-5-12-4-2-3-6-15-12/h2-4,6,13,16H,5,7-10H2,1H3,(H,17,20)/t13-/m1/s1. The summed E-state index contributed by atoms with van der Waals surface area (Å²) in [6.07, 6.45) is 2.44. The Kier molecular flexibility index (Phi) is 5.06. The first kappa shape index (κ1) is 14.5. The molecule has 2 N–H and O–H groups in total. The zero-order chi connectivity index (χ0) is 14.4. The van der Waals surface area contributed by atoms with Crippen LogP contribution >= 0.6 is 0 Å². The summed E-state index contributed by atoms with van der Waals surface area (Å²) in [7, 11) is 0. The van der Waals surface area contributed by atoms with Crippen LogP contribution in [0.15, 0.2) is 24.4 Å². The fourth-order valence-corrected chi connectivity index (χ4v) is 2.19. The van der Waals surface area contributed by atoms with Crippen molar-refractivity contribution in [3.8, 4) is 0 Å². The van der Waals surface area contributed by atoms with Gasteiger partial charge in [-0.3, -0.25) is 14.6 Å². The molecular weight excluding hydrogens is 256 g/mol. The van der Waals surface area contributed by atoms with Gasteiger partial charge in [0.2, 0.25) is 11.8 Å². The normalized spacial score (nSPS) is 18.6. The summed E-state index contributed by atoms with van der Waals surface area (Å²) in [5, 5.41) is 6.01. The summed E-state index contributed by atoms with van der Waals surface area (Å²) in [5.74, 6) is -0.0512. The number of carbonyl (C=O) groups is 2. The number of amides is 2. The van der Waals surface area contributed by atoms with Crippen LogP contribution < -0.4 is 10.6 Å². The monoisotopic (exact) mass is 276 g/mol. The van der Waals surface area contributed by atoms with Crippen molar-refractivity contribution in [1.82, 2.24) is 20.5 Å². The lowest BCUT2D eigenvalue weighted by Crippen LogP contribution is -2.58. The van der Waals surface area contributed by atoms with Gasteiger partial charge in [0.15, 0.2) is 0 Å². The second kappa shape index (κ2) is 7.00. The van der Waals surface area contributed by atoms with Crippen molar-refractivity contribution in [1.29, 1.82) is 0 Å². The Hall–Kier alpha value is -1.95. The Balaban J connectivity index is 1.75. The minimum Gasteiger partial charge on any atom is -0.354 e. The van der Waals surface area contributed by atoms with Gasteiger partial charge in [-0.1, -0.05) is 6.07 Å². The van der Waals surface area contributed by atoms with Crippen LogP contribution in [0, 0.1) is 0 Å². The van der Waals surface area contributed by atoms with Gasteiger partial charge >= 0.3 is 0 Å². The number of carbonyl (C=O) groups excluding carboxylic acids is 2. The van der Waals surface area contributed by atoms with Crippen LogP contribution in [-0.2, 0) is 16.0 Å². The number of rotatable bonds is 4. The number of piperazine rings is 1. The van der Waals surface area contributed by atoms with E-state index in [1.807, 2.05) is 18.2 Å². The highest BCUT2D eigenvalue weighted by Gasteiger charge is 2.26. The van der Waals surface area contributed by atoms with Crippen LogP contribution in [0.25, 0.3) is 0 Å². The van der Waals surface area contributed by atoms with Crippen molar-refractivity contribution in [3.63, 3.8) is 0 Å². The Morgan fingerprint density at radius 3 is 3.05 bits per heavy atom. The molecule has 1 aliphatic heterocycles. The van der Waals surface area contributed by atoms with Crippen molar-refractivity contribution >= 4 is 11.8 Å². The van der Waals surface area contributed by atoms with E-state index in [1.165, 1.54) is 6.92 Å². The maximum atomic E-state index is 12.0. The van der Waals surface area contributed by atoms with Gasteiger partial charge in [0, 0.05) is 51.4 Å². The molecule has 6 heteroatoms. The highest BCUT2D eigenvalue weighted by Crippen LogP contribution is 2.00. The Morgan fingerprint density at radius 1 is 1.50 bits per heavy atom. The summed E-state index contributed by atoms with van der Waals surface area (Å²) in [6, 6.07) is 5.40. The number of hydrogen-bond acceptors (Lipinski definition) is 4. The molecule has 0 unspecified atom stereocenters. The molecule has 0 radical (unpaired) electrons. The number of hydrogen-bond donors (Lipinski definition) is 2. The number of nitrogens with zero attached hydrogens (tertiary/aromatic N) is 2. The molecule has 2 amide bonds. The molecule has 20 heavy (non-hydrogen) atoms. The van der Waals surface area contributed by atoms with E-state index in [4.69, 9.17) is 0 Å². The first-order valence-corrected chi connectivity index (χ1v) is 6.83.